The van der Waals surface area contributed by atoms with Crippen molar-refractivity contribution in [3.63, 3.8) is 0 Å². The zero-order valence-electron chi connectivity index (χ0n) is 9.69. The molecule has 0 atom stereocenters. The quantitative estimate of drug-likeness (QED) is 0.814. The number of rotatable bonds is 3. The minimum Gasteiger partial charge on any atom is -0.398 e. The number of amides is 1. The first-order valence-electron chi connectivity index (χ1n) is 5.54. The molecule has 3 N–H and O–H groups in total. The zero-order valence-corrected chi connectivity index (χ0v) is 9.69. The Hall–Kier alpha value is -2.36. The maximum Gasteiger partial charge on any atom is 0.253 e. The molecular formula is C14H13FN2O. The molecule has 18 heavy (non-hydrogen) atoms. The highest BCUT2D eigenvalue weighted by Crippen LogP contribution is 2.13. The minimum atomic E-state index is -0.478. The normalized spacial score (nSPS) is 10.1. The van der Waals surface area contributed by atoms with Crippen LogP contribution in [0, 0.1) is 5.82 Å². The van der Waals surface area contributed by atoms with Crippen molar-refractivity contribution in [3.05, 3.63) is 65.5 Å². The van der Waals surface area contributed by atoms with Crippen molar-refractivity contribution in [2.24, 2.45) is 0 Å². The number of carbonyl (C=O) groups is 1. The molecule has 0 aromatic heterocycles. The summed E-state index contributed by atoms with van der Waals surface area (Å²) < 4.78 is 13.0. The molecule has 0 saturated heterocycles. The topological polar surface area (TPSA) is 55.1 Å². The van der Waals surface area contributed by atoms with Gasteiger partial charge in [0, 0.05) is 12.2 Å². The first kappa shape index (κ1) is 12.1. The van der Waals surface area contributed by atoms with Gasteiger partial charge in [0.15, 0.2) is 0 Å². The molecule has 2 rings (SSSR count). The Kier molecular flexibility index (Phi) is 3.57. The number of nitrogen functional groups attached to an aromatic ring is 1. The van der Waals surface area contributed by atoms with E-state index in [9.17, 15) is 9.18 Å². The van der Waals surface area contributed by atoms with Crippen LogP contribution in [0.4, 0.5) is 10.1 Å². The molecule has 0 heterocycles. The second kappa shape index (κ2) is 5.31. The van der Waals surface area contributed by atoms with Crippen molar-refractivity contribution in [2.75, 3.05) is 5.73 Å². The fraction of sp³-hybridized carbons (Fsp3) is 0.0714. The summed E-state index contributed by atoms with van der Waals surface area (Å²) in [4.78, 5) is 11.8. The van der Waals surface area contributed by atoms with Crippen LogP contribution < -0.4 is 11.1 Å². The Balaban J connectivity index is 2.06. The summed E-state index contributed by atoms with van der Waals surface area (Å²) >= 11 is 0. The predicted molar refractivity (Wildman–Crippen MR) is 68.4 cm³/mol. The fourth-order valence-corrected chi connectivity index (χ4v) is 1.60. The number of carbonyl (C=O) groups excluding carboxylic acids is 1. The lowest BCUT2D eigenvalue weighted by molar-refractivity contribution is 0.0951. The third-order valence-electron chi connectivity index (χ3n) is 2.56. The van der Waals surface area contributed by atoms with Gasteiger partial charge in [-0.15, -0.1) is 0 Å². The third kappa shape index (κ3) is 2.85. The summed E-state index contributed by atoms with van der Waals surface area (Å²) in [6.45, 7) is 0.385. The molecular weight excluding hydrogens is 231 g/mol. The van der Waals surface area contributed by atoms with Gasteiger partial charge in [0.2, 0.25) is 0 Å². The Bertz CT molecular complexity index is 555. The van der Waals surface area contributed by atoms with Crippen molar-refractivity contribution in [1.82, 2.24) is 5.32 Å². The van der Waals surface area contributed by atoms with Gasteiger partial charge in [0.05, 0.1) is 5.56 Å². The van der Waals surface area contributed by atoms with E-state index in [-0.39, 0.29) is 17.2 Å². The molecule has 0 bridgehead atoms. The molecule has 4 heteroatoms. The van der Waals surface area contributed by atoms with E-state index in [1.165, 1.54) is 12.1 Å². The van der Waals surface area contributed by atoms with Crippen LogP contribution in [0.5, 0.6) is 0 Å². The van der Waals surface area contributed by atoms with Crippen LogP contribution in [0.3, 0.4) is 0 Å². The Labute approximate surface area is 104 Å². The number of hydrogen-bond acceptors (Lipinski definition) is 2. The molecule has 1 amide bonds. The Morgan fingerprint density at radius 3 is 2.61 bits per heavy atom. The van der Waals surface area contributed by atoms with Gasteiger partial charge in [0.1, 0.15) is 5.82 Å². The van der Waals surface area contributed by atoms with E-state index in [0.29, 0.717) is 6.54 Å². The molecule has 0 aliphatic carbocycles. The van der Waals surface area contributed by atoms with Crippen LogP contribution in [-0.2, 0) is 6.54 Å². The number of nitrogens with one attached hydrogen (secondary N) is 1. The van der Waals surface area contributed by atoms with Gasteiger partial charge in [-0.05, 0) is 23.8 Å². The van der Waals surface area contributed by atoms with Gasteiger partial charge in [-0.1, -0.05) is 30.3 Å². The van der Waals surface area contributed by atoms with Crippen LogP contribution in [0.1, 0.15) is 15.9 Å². The highest BCUT2D eigenvalue weighted by Gasteiger charge is 2.10. The van der Waals surface area contributed by atoms with Crippen LogP contribution >= 0.6 is 0 Å². The zero-order chi connectivity index (χ0) is 13.0. The van der Waals surface area contributed by atoms with Gasteiger partial charge in [-0.25, -0.2) is 4.39 Å². The van der Waals surface area contributed by atoms with E-state index in [2.05, 4.69) is 5.32 Å². The lowest BCUT2D eigenvalue weighted by atomic mass is 10.1. The standard InChI is InChI=1S/C14H13FN2O/c15-11-6-7-13(16)12(8-11)14(18)17-9-10-4-2-1-3-5-10/h1-8H,9,16H2,(H,17,18). The smallest absolute Gasteiger partial charge is 0.253 e. The molecule has 2 aromatic carbocycles. The van der Waals surface area contributed by atoms with Crippen LogP contribution in [-0.4, -0.2) is 5.91 Å². The maximum absolute atomic E-state index is 13.0. The van der Waals surface area contributed by atoms with Gasteiger partial charge >= 0.3 is 0 Å². The second-order valence-corrected chi connectivity index (χ2v) is 3.90. The molecule has 0 fully saturated rings. The SMILES string of the molecule is Nc1ccc(F)cc1C(=O)NCc1ccccc1. The molecule has 3 nitrogen and oxygen atoms in total. The first-order chi connectivity index (χ1) is 8.66. The van der Waals surface area contributed by atoms with E-state index < -0.39 is 5.82 Å². The maximum atomic E-state index is 13.0. The average Bonchev–Trinajstić information content (AvgIpc) is 2.40. The van der Waals surface area contributed by atoms with Crippen LogP contribution in [0.15, 0.2) is 48.5 Å². The lowest BCUT2D eigenvalue weighted by Gasteiger charge is -2.07. The molecule has 0 radical (unpaired) electrons. The van der Waals surface area contributed by atoms with Crippen LogP contribution in [0.2, 0.25) is 0 Å². The molecule has 0 saturated carbocycles. The predicted octanol–water partition coefficient (Wildman–Crippen LogP) is 2.34. The molecule has 0 unspecified atom stereocenters. The van der Waals surface area contributed by atoms with Crippen molar-refractivity contribution < 1.29 is 9.18 Å². The number of anilines is 1. The van der Waals surface area contributed by atoms with Crippen molar-refractivity contribution >= 4 is 11.6 Å². The molecule has 0 aliphatic heterocycles. The third-order valence-corrected chi connectivity index (χ3v) is 2.56. The monoisotopic (exact) mass is 244 g/mol. The van der Waals surface area contributed by atoms with Crippen LogP contribution in [0.25, 0.3) is 0 Å². The molecule has 0 aliphatic rings. The summed E-state index contributed by atoms with van der Waals surface area (Å²) in [5.41, 5.74) is 7.03. The van der Waals surface area contributed by atoms with Crippen molar-refractivity contribution in [2.45, 2.75) is 6.54 Å². The Morgan fingerprint density at radius 2 is 1.89 bits per heavy atom. The average molecular weight is 244 g/mol. The lowest BCUT2D eigenvalue weighted by Crippen LogP contribution is -2.23. The van der Waals surface area contributed by atoms with Crippen molar-refractivity contribution in [1.29, 1.82) is 0 Å². The largest absolute Gasteiger partial charge is 0.398 e. The summed E-state index contributed by atoms with van der Waals surface area (Å²) in [7, 11) is 0. The molecule has 92 valence electrons. The number of benzene rings is 2. The minimum absolute atomic E-state index is 0.158. The number of nitrogens with two attached hydrogens (primary N) is 1. The van der Waals surface area contributed by atoms with E-state index in [1.807, 2.05) is 30.3 Å². The molecule has 0 spiro atoms. The highest BCUT2D eigenvalue weighted by molar-refractivity contribution is 5.99. The second-order valence-electron chi connectivity index (χ2n) is 3.90. The van der Waals surface area contributed by atoms with E-state index in [1.54, 1.807) is 0 Å². The Morgan fingerprint density at radius 1 is 1.17 bits per heavy atom. The van der Waals surface area contributed by atoms with E-state index >= 15 is 0 Å². The van der Waals surface area contributed by atoms with E-state index in [0.717, 1.165) is 11.6 Å². The van der Waals surface area contributed by atoms with Gasteiger partial charge in [-0.3, -0.25) is 4.79 Å². The van der Waals surface area contributed by atoms with Crippen molar-refractivity contribution in [3.8, 4) is 0 Å². The summed E-state index contributed by atoms with van der Waals surface area (Å²) in [6.07, 6.45) is 0. The fourth-order valence-electron chi connectivity index (χ4n) is 1.60. The van der Waals surface area contributed by atoms with Gasteiger partial charge < -0.3 is 11.1 Å². The number of hydrogen-bond donors (Lipinski definition) is 2. The summed E-state index contributed by atoms with van der Waals surface area (Å²) in [6, 6.07) is 13.2. The highest BCUT2D eigenvalue weighted by atomic mass is 19.1. The van der Waals surface area contributed by atoms with Gasteiger partial charge in [-0.2, -0.15) is 0 Å². The van der Waals surface area contributed by atoms with Gasteiger partial charge in [0.25, 0.3) is 5.91 Å². The van der Waals surface area contributed by atoms with E-state index in [4.69, 9.17) is 5.73 Å². The number of halogens is 1. The summed E-state index contributed by atoms with van der Waals surface area (Å²) in [5.74, 6) is -0.857. The summed E-state index contributed by atoms with van der Waals surface area (Å²) in [5, 5.41) is 2.70. The first-order valence-corrected chi connectivity index (χ1v) is 5.54. The molecule has 2 aromatic rings.